The Kier molecular flexibility index (Phi) is 3.49. The van der Waals surface area contributed by atoms with Gasteiger partial charge in [-0.25, -0.2) is 5.43 Å². The van der Waals surface area contributed by atoms with E-state index in [9.17, 15) is 0 Å². The minimum Gasteiger partial charge on any atom is -0.289 e. The number of rotatable bonds is 3. The van der Waals surface area contributed by atoms with Crippen molar-refractivity contribution in [2.45, 2.75) is 6.17 Å². The average molecular weight is 206 g/mol. The van der Waals surface area contributed by atoms with Gasteiger partial charge in [0.25, 0.3) is 0 Å². The highest BCUT2D eigenvalue weighted by atomic mass is 35.5. The molecule has 0 amide bonds. The van der Waals surface area contributed by atoms with Gasteiger partial charge in [0.05, 0.1) is 4.34 Å². The van der Waals surface area contributed by atoms with Gasteiger partial charge in [0.1, 0.15) is 6.17 Å². The van der Waals surface area contributed by atoms with Gasteiger partial charge < -0.3 is 0 Å². The number of nitrogens with one attached hydrogen (secondary N) is 1. The standard InChI is InChI=1S/C7H12ClN3S/c1-11(2)7(10-9)5-3-4-6(8)12-5/h3-4,7,10H,9H2,1-2H3. The summed E-state index contributed by atoms with van der Waals surface area (Å²) in [4.78, 5) is 3.11. The molecule has 1 atom stereocenters. The van der Waals surface area contributed by atoms with E-state index in [1.54, 1.807) is 0 Å². The van der Waals surface area contributed by atoms with E-state index in [4.69, 9.17) is 17.4 Å². The highest BCUT2D eigenvalue weighted by molar-refractivity contribution is 7.16. The van der Waals surface area contributed by atoms with E-state index < -0.39 is 0 Å². The molecule has 3 N–H and O–H groups in total. The van der Waals surface area contributed by atoms with Crippen molar-refractivity contribution in [1.29, 1.82) is 0 Å². The summed E-state index contributed by atoms with van der Waals surface area (Å²) in [6, 6.07) is 3.84. The number of hydrogen-bond acceptors (Lipinski definition) is 4. The zero-order valence-electron chi connectivity index (χ0n) is 7.04. The zero-order valence-corrected chi connectivity index (χ0v) is 8.62. The molecule has 0 fully saturated rings. The summed E-state index contributed by atoms with van der Waals surface area (Å²) < 4.78 is 0.784. The fraction of sp³-hybridized carbons (Fsp3) is 0.429. The summed E-state index contributed by atoms with van der Waals surface area (Å²) in [7, 11) is 3.91. The van der Waals surface area contributed by atoms with Crippen LogP contribution in [0.15, 0.2) is 12.1 Å². The number of nitrogens with two attached hydrogens (primary N) is 1. The predicted octanol–water partition coefficient (Wildman–Crippen LogP) is 1.43. The van der Waals surface area contributed by atoms with Gasteiger partial charge in [0, 0.05) is 4.88 Å². The molecular formula is C7H12ClN3S. The van der Waals surface area contributed by atoms with Crippen LogP contribution in [-0.4, -0.2) is 19.0 Å². The Balaban J connectivity index is 2.80. The first kappa shape index (κ1) is 9.95. The molecule has 0 radical (unpaired) electrons. The lowest BCUT2D eigenvalue weighted by atomic mass is 10.4. The maximum Gasteiger partial charge on any atom is 0.107 e. The van der Waals surface area contributed by atoms with Crippen LogP contribution in [0.2, 0.25) is 4.34 Å². The van der Waals surface area contributed by atoms with Crippen LogP contribution in [0.3, 0.4) is 0 Å². The molecule has 68 valence electrons. The number of halogens is 1. The summed E-state index contributed by atoms with van der Waals surface area (Å²) in [6.45, 7) is 0. The fourth-order valence-corrected chi connectivity index (χ4v) is 2.18. The minimum atomic E-state index is 0.0440. The third-order valence-corrected chi connectivity index (χ3v) is 2.82. The van der Waals surface area contributed by atoms with Gasteiger partial charge in [-0.05, 0) is 26.2 Å². The monoisotopic (exact) mass is 205 g/mol. The van der Waals surface area contributed by atoms with Gasteiger partial charge in [-0.3, -0.25) is 10.7 Å². The Morgan fingerprint density at radius 2 is 2.25 bits per heavy atom. The Morgan fingerprint density at radius 3 is 2.58 bits per heavy atom. The summed E-state index contributed by atoms with van der Waals surface area (Å²) in [6.07, 6.45) is 0.0440. The average Bonchev–Trinajstić information content (AvgIpc) is 2.37. The van der Waals surface area contributed by atoms with Crippen molar-refractivity contribution in [3.63, 3.8) is 0 Å². The van der Waals surface area contributed by atoms with E-state index >= 15 is 0 Å². The molecule has 0 aliphatic heterocycles. The van der Waals surface area contributed by atoms with Crippen LogP contribution >= 0.6 is 22.9 Å². The molecule has 5 heteroatoms. The van der Waals surface area contributed by atoms with E-state index in [1.807, 2.05) is 31.1 Å². The fourth-order valence-electron chi connectivity index (χ4n) is 0.961. The molecule has 0 aliphatic rings. The second-order valence-electron chi connectivity index (χ2n) is 2.67. The van der Waals surface area contributed by atoms with E-state index in [-0.39, 0.29) is 6.17 Å². The first-order chi connectivity index (χ1) is 5.65. The van der Waals surface area contributed by atoms with Crippen molar-refractivity contribution < 1.29 is 0 Å². The molecule has 3 nitrogen and oxygen atoms in total. The van der Waals surface area contributed by atoms with Crippen molar-refractivity contribution in [3.05, 3.63) is 21.3 Å². The zero-order chi connectivity index (χ0) is 9.14. The van der Waals surface area contributed by atoms with Crippen molar-refractivity contribution in [2.75, 3.05) is 14.1 Å². The number of hydrazine groups is 1. The van der Waals surface area contributed by atoms with Gasteiger partial charge in [0.2, 0.25) is 0 Å². The van der Waals surface area contributed by atoms with Gasteiger partial charge in [-0.2, -0.15) is 0 Å². The highest BCUT2D eigenvalue weighted by Gasteiger charge is 2.13. The van der Waals surface area contributed by atoms with Crippen molar-refractivity contribution in [3.8, 4) is 0 Å². The normalized spacial score (nSPS) is 13.8. The van der Waals surface area contributed by atoms with Crippen molar-refractivity contribution in [1.82, 2.24) is 10.3 Å². The van der Waals surface area contributed by atoms with Gasteiger partial charge in [-0.15, -0.1) is 11.3 Å². The Labute approximate surface area is 81.1 Å². The molecular weight excluding hydrogens is 194 g/mol. The minimum absolute atomic E-state index is 0.0440. The topological polar surface area (TPSA) is 41.3 Å². The molecule has 0 aliphatic carbocycles. The van der Waals surface area contributed by atoms with E-state index in [0.717, 1.165) is 9.21 Å². The molecule has 1 heterocycles. The molecule has 1 rings (SSSR count). The summed E-state index contributed by atoms with van der Waals surface area (Å²) in [5.41, 5.74) is 2.71. The molecule has 12 heavy (non-hydrogen) atoms. The Bertz CT molecular complexity index is 249. The SMILES string of the molecule is CN(C)C(NN)c1ccc(Cl)s1. The molecule has 1 aromatic rings. The van der Waals surface area contributed by atoms with Crippen LogP contribution < -0.4 is 11.3 Å². The van der Waals surface area contributed by atoms with Crippen LogP contribution in [0.1, 0.15) is 11.0 Å². The molecule has 0 saturated carbocycles. The third kappa shape index (κ3) is 2.18. The highest BCUT2D eigenvalue weighted by Crippen LogP contribution is 2.27. The molecule has 1 aromatic heterocycles. The quantitative estimate of drug-likeness (QED) is 0.446. The second-order valence-corrected chi connectivity index (χ2v) is 4.42. The van der Waals surface area contributed by atoms with Gasteiger partial charge >= 0.3 is 0 Å². The lowest BCUT2D eigenvalue weighted by Crippen LogP contribution is -2.37. The smallest absolute Gasteiger partial charge is 0.107 e. The maximum absolute atomic E-state index is 5.80. The number of hydrogen-bond donors (Lipinski definition) is 2. The van der Waals surface area contributed by atoms with Gasteiger partial charge in [0.15, 0.2) is 0 Å². The molecule has 0 saturated heterocycles. The first-order valence-electron chi connectivity index (χ1n) is 3.53. The van der Waals surface area contributed by atoms with Crippen LogP contribution in [-0.2, 0) is 0 Å². The van der Waals surface area contributed by atoms with E-state index in [2.05, 4.69) is 5.43 Å². The Hall–Kier alpha value is -0.130. The first-order valence-corrected chi connectivity index (χ1v) is 4.72. The lowest BCUT2D eigenvalue weighted by molar-refractivity contribution is 0.257. The van der Waals surface area contributed by atoms with E-state index in [1.165, 1.54) is 11.3 Å². The van der Waals surface area contributed by atoms with Crippen molar-refractivity contribution in [2.24, 2.45) is 5.84 Å². The summed E-state index contributed by atoms with van der Waals surface area (Å²) in [5.74, 6) is 5.39. The van der Waals surface area contributed by atoms with Crippen molar-refractivity contribution >= 4 is 22.9 Å². The third-order valence-electron chi connectivity index (χ3n) is 1.54. The molecule has 0 bridgehead atoms. The van der Waals surface area contributed by atoms with Crippen LogP contribution in [0.25, 0.3) is 0 Å². The number of thiophene rings is 1. The predicted molar refractivity (Wildman–Crippen MR) is 53.1 cm³/mol. The maximum atomic E-state index is 5.80. The Morgan fingerprint density at radius 1 is 1.58 bits per heavy atom. The second kappa shape index (κ2) is 4.20. The van der Waals surface area contributed by atoms with Crippen LogP contribution in [0.4, 0.5) is 0 Å². The van der Waals surface area contributed by atoms with Crippen LogP contribution in [0.5, 0.6) is 0 Å². The van der Waals surface area contributed by atoms with Crippen LogP contribution in [0, 0.1) is 0 Å². The molecule has 0 spiro atoms. The van der Waals surface area contributed by atoms with E-state index in [0.29, 0.717) is 0 Å². The summed E-state index contributed by atoms with van der Waals surface area (Å²) >= 11 is 7.33. The van der Waals surface area contributed by atoms with Gasteiger partial charge in [-0.1, -0.05) is 11.6 Å². The summed E-state index contributed by atoms with van der Waals surface area (Å²) in [5, 5.41) is 0. The molecule has 0 aromatic carbocycles. The molecule has 1 unspecified atom stereocenters. The lowest BCUT2D eigenvalue weighted by Gasteiger charge is -2.21. The largest absolute Gasteiger partial charge is 0.289 e. The number of nitrogens with zero attached hydrogens (tertiary/aromatic N) is 1.